The van der Waals surface area contributed by atoms with E-state index in [1.165, 1.54) is 5.56 Å². The molecule has 122 valence electrons. The van der Waals surface area contributed by atoms with Gasteiger partial charge in [-0.3, -0.25) is 4.72 Å². The molecule has 0 spiro atoms. The van der Waals surface area contributed by atoms with Gasteiger partial charge in [0.05, 0.1) is 22.2 Å². The number of halogens is 1. The van der Waals surface area contributed by atoms with Crippen molar-refractivity contribution in [2.24, 2.45) is 0 Å². The van der Waals surface area contributed by atoms with Crippen LogP contribution in [0.25, 0.3) is 0 Å². The van der Waals surface area contributed by atoms with Crippen LogP contribution in [0.4, 0.5) is 5.69 Å². The lowest BCUT2D eigenvalue weighted by atomic mass is 10.1. The minimum atomic E-state index is -3.68. The van der Waals surface area contributed by atoms with E-state index in [1.807, 2.05) is 13.0 Å². The summed E-state index contributed by atoms with van der Waals surface area (Å²) >= 11 is 6.10. The van der Waals surface area contributed by atoms with E-state index in [2.05, 4.69) is 4.72 Å². The Hall–Kier alpha value is -1.72. The Bertz CT molecular complexity index is 834. The molecule has 0 saturated heterocycles. The van der Waals surface area contributed by atoms with Crippen LogP contribution in [0.1, 0.15) is 24.5 Å². The Labute approximate surface area is 141 Å². The molecular weight excluding hydrogens is 334 g/mol. The normalized spacial score (nSPS) is 13.7. The molecule has 2 aromatic rings. The van der Waals surface area contributed by atoms with Gasteiger partial charge in [0.2, 0.25) is 0 Å². The summed E-state index contributed by atoms with van der Waals surface area (Å²) in [5.41, 5.74) is 2.70. The van der Waals surface area contributed by atoms with Crippen molar-refractivity contribution >= 4 is 27.3 Å². The fourth-order valence-electron chi connectivity index (χ4n) is 2.80. The average molecular weight is 352 g/mol. The molecule has 1 aliphatic carbocycles. The van der Waals surface area contributed by atoms with E-state index in [1.54, 1.807) is 30.3 Å². The summed E-state index contributed by atoms with van der Waals surface area (Å²) in [4.78, 5) is 0.264. The molecule has 4 nitrogen and oxygen atoms in total. The molecule has 0 fully saturated rings. The predicted molar refractivity (Wildman–Crippen MR) is 91.9 cm³/mol. The number of aryl methyl sites for hydroxylation is 2. The van der Waals surface area contributed by atoms with E-state index in [4.69, 9.17) is 16.3 Å². The molecule has 0 aromatic heterocycles. The quantitative estimate of drug-likeness (QED) is 0.884. The van der Waals surface area contributed by atoms with Gasteiger partial charge in [0, 0.05) is 0 Å². The smallest absolute Gasteiger partial charge is 0.262 e. The highest BCUT2D eigenvalue weighted by atomic mass is 35.5. The molecule has 2 aromatic carbocycles. The summed E-state index contributed by atoms with van der Waals surface area (Å²) in [6.45, 7) is 2.22. The molecular formula is C17H18ClNO3S. The van der Waals surface area contributed by atoms with Crippen LogP contribution in [0.2, 0.25) is 5.02 Å². The molecule has 1 aliphatic rings. The van der Waals surface area contributed by atoms with E-state index in [0.717, 1.165) is 24.8 Å². The van der Waals surface area contributed by atoms with Gasteiger partial charge in [0.25, 0.3) is 10.0 Å². The number of rotatable bonds is 5. The van der Waals surface area contributed by atoms with Gasteiger partial charge in [-0.05, 0) is 61.6 Å². The molecule has 0 atom stereocenters. The largest absolute Gasteiger partial charge is 0.490 e. The van der Waals surface area contributed by atoms with Crippen molar-refractivity contribution in [3.63, 3.8) is 0 Å². The van der Waals surface area contributed by atoms with Crippen molar-refractivity contribution in [2.45, 2.75) is 31.1 Å². The number of fused-ring (bicyclic) bond motifs is 1. The summed E-state index contributed by atoms with van der Waals surface area (Å²) in [6, 6.07) is 10.3. The number of hydrogen-bond acceptors (Lipinski definition) is 3. The van der Waals surface area contributed by atoms with Crippen LogP contribution in [0.15, 0.2) is 41.3 Å². The molecule has 0 radical (unpaired) electrons. The Balaban J connectivity index is 1.94. The van der Waals surface area contributed by atoms with Gasteiger partial charge in [-0.2, -0.15) is 0 Å². The van der Waals surface area contributed by atoms with Gasteiger partial charge >= 0.3 is 0 Å². The predicted octanol–water partition coefficient (Wildman–Crippen LogP) is 4.03. The van der Waals surface area contributed by atoms with Gasteiger partial charge in [0.1, 0.15) is 0 Å². The van der Waals surface area contributed by atoms with E-state index in [-0.39, 0.29) is 4.90 Å². The summed E-state index contributed by atoms with van der Waals surface area (Å²) < 4.78 is 33.4. The zero-order chi connectivity index (χ0) is 16.4. The maximum Gasteiger partial charge on any atom is 0.262 e. The zero-order valence-corrected chi connectivity index (χ0v) is 14.4. The fraction of sp³-hybridized carbons (Fsp3) is 0.294. The molecule has 0 amide bonds. The molecule has 0 unspecified atom stereocenters. The number of sulfonamides is 1. The average Bonchev–Trinajstić information content (AvgIpc) is 2.98. The van der Waals surface area contributed by atoms with Gasteiger partial charge < -0.3 is 4.74 Å². The van der Waals surface area contributed by atoms with E-state index >= 15 is 0 Å². The van der Waals surface area contributed by atoms with Gasteiger partial charge in [-0.25, -0.2) is 8.42 Å². The summed E-state index contributed by atoms with van der Waals surface area (Å²) in [6.07, 6.45) is 3.03. The van der Waals surface area contributed by atoms with Crippen LogP contribution in [0, 0.1) is 0 Å². The lowest BCUT2D eigenvalue weighted by Gasteiger charge is -2.14. The standard InChI is InChI=1S/C17H18ClNO3S/c1-2-22-17-15(18)7-4-8-16(17)19-23(20,21)14-10-9-12-5-3-6-13(12)11-14/h4,7-11,19H,2-3,5-6H2,1H3. The van der Waals surface area contributed by atoms with Crippen molar-refractivity contribution in [1.82, 2.24) is 0 Å². The van der Waals surface area contributed by atoms with Crippen molar-refractivity contribution in [2.75, 3.05) is 11.3 Å². The summed E-state index contributed by atoms with van der Waals surface area (Å²) in [5, 5.41) is 0.376. The molecule has 0 aliphatic heterocycles. The van der Waals surface area contributed by atoms with Crippen molar-refractivity contribution in [1.29, 1.82) is 0 Å². The first-order valence-electron chi connectivity index (χ1n) is 7.57. The second kappa shape index (κ2) is 6.42. The highest BCUT2D eigenvalue weighted by Gasteiger charge is 2.20. The third-order valence-electron chi connectivity index (χ3n) is 3.88. The topological polar surface area (TPSA) is 55.4 Å². The van der Waals surface area contributed by atoms with Crippen LogP contribution in [-0.4, -0.2) is 15.0 Å². The molecule has 0 bridgehead atoms. The highest BCUT2D eigenvalue weighted by molar-refractivity contribution is 7.92. The monoisotopic (exact) mass is 351 g/mol. The molecule has 23 heavy (non-hydrogen) atoms. The van der Waals surface area contributed by atoms with E-state index in [9.17, 15) is 8.42 Å². The second-order valence-corrected chi connectivity index (χ2v) is 7.53. The molecule has 3 rings (SSSR count). The third kappa shape index (κ3) is 3.31. The number of nitrogens with one attached hydrogen (secondary N) is 1. The number of para-hydroxylation sites is 1. The Morgan fingerprint density at radius 1 is 1.17 bits per heavy atom. The Morgan fingerprint density at radius 2 is 1.96 bits per heavy atom. The summed E-state index contributed by atoms with van der Waals surface area (Å²) in [5.74, 6) is 0.349. The van der Waals surface area contributed by atoms with Crippen LogP contribution < -0.4 is 9.46 Å². The fourth-order valence-corrected chi connectivity index (χ4v) is 4.14. The number of hydrogen-bond donors (Lipinski definition) is 1. The van der Waals surface area contributed by atoms with Crippen molar-refractivity contribution < 1.29 is 13.2 Å². The number of anilines is 1. The lowest BCUT2D eigenvalue weighted by molar-refractivity contribution is 0.342. The molecule has 6 heteroatoms. The van der Waals surface area contributed by atoms with E-state index < -0.39 is 10.0 Å². The first-order valence-corrected chi connectivity index (χ1v) is 9.43. The maximum atomic E-state index is 12.7. The highest BCUT2D eigenvalue weighted by Crippen LogP contribution is 2.34. The Kier molecular flexibility index (Phi) is 4.50. The van der Waals surface area contributed by atoms with Crippen molar-refractivity contribution in [3.05, 3.63) is 52.5 Å². The lowest BCUT2D eigenvalue weighted by Crippen LogP contribution is -2.14. The van der Waals surface area contributed by atoms with Crippen LogP contribution in [0.5, 0.6) is 5.75 Å². The molecule has 1 N–H and O–H groups in total. The van der Waals surface area contributed by atoms with Crippen LogP contribution in [0.3, 0.4) is 0 Å². The van der Waals surface area contributed by atoms with Crippen molar-refractivity contribution in [3.8, 4) is 5.75 Å². The summed E-state index contributed by atoms with van der Waals surface area (Å²) in [7, 11) is -3.68. The number of benzene rings is 2. The van der Waals surface area contributed by atoms with Gasteiger partial charge in [-0.15, -0.1) is 0 Å². The van der Waals surface area contributed by atoms with E-state index in [0.29, 0.717) is 23.1 Å². The molecule has 0 saturated carbocycles. The zero-order valence-electron chi connectivity index (χ0n) is 12.8. The van der Waals surface area contributed by atoms with Crippen LogP contribution in [-0.2, 0) is 22.9 Å². The SMILES string of the molecule is CCOc1c(Cl)cccc1NS(=O)(=O)c1ccc2c(c1)CCC2. The minimum absolute atomic E-state index is 0.264. The van der Waals surface area contributed by atoms with Gasteiger partial charge in [0.15, 0.2) is 5.75 Å². The second-order valence-electron chi connectivity index (χ2n) is 5.44. The number of ether oxygens (including phenoxy) is 1. The van der Waals surface area contributed by atoms with Crippen LogP contribution >= 0.6 is 11.6 Å². The maximum absolute atomic E-state index is 12.7. The third-order valence-corrected chi connectivity index (χ3v) is 5.54. The minimum Gasteiger partial charge on any atom is -0.490 e. The first-order chi connectivity index (χ1) is 11.0. The van der Waals surface area contributed by atoms with Gasteiger partial charge in [-0.1, -0.05) is 23.7 Å². The Morgan fingerprint density at radius 3 is 2.74 bits per heavy atom. The molecule has 0 heterocycles. The first kappa shape index (κ1) is 16.1.